The Labute approximate surface area is 109 Å². The molecular weight excluding hydrogens is 228 g/mol. The SMILES string of the molecule is CCCOc1ccc(CO/C=C/CCOC)cc1. The summed E-state index contributed by atoms with van der Waals surface area (Å²) < 4.78 is 15.9. The van der Waals surface area contributed by atoms with E-state index in [9.17, 15) is 0 Å². The third-order valence-electron chi connectivity index (χ3n) is 2.33. The van der Waals surface area contributed by atoms with Crippen molar-refractivity contribution in [3.8, 4) is 5.75 Å². The fourth-order valence-electron chi connectivity index (χ4n) is 1.37. The second-order valence-electron chi connectivity index (χ2n) is 3.96. The zero-order valence-electron chi connectivity index (χ0n) is 11.2. The van der Waals surface area contributed by atoms with Crippen LogP contribution >= 0.6 is 0 Å². The average molecular weight is 250 g/mol. The highest BCUT2D eigenvalue weighted by molar-refractivity contribution is 5.26. The van der Waals surface area contributed by atoms with E-state index in [1.807, 2.05) is 30.3 Å². The Kier molecular flexibility index (Phi) is 7.73. The van der Waals surface area contributed by atoms with Crippen LogP contribution < -0.4 is 4.74 Å². The molecule has 0 fully saturated rings. The molecule has 0 saturated carbocycles. The molecule has 0 saturated heterocycles. The van der Waals surface area contributed by atoms with Crippen molar-refractivity contribution in [1.29, 1.82) is 0 Å². The predicted octanol–water partition coefficient (Wildman–Crippen LogP) is 3.54. The van der Waals surface area contributed by atoms with Crippen molar-refractivity contribution < 1.29 is 14.2 Å². The second kappa shape index (κ2) is 9.54. The van der Waals surface area contributed by atoms with Crippen LogP contribution in [0.2, 0.25) is 0 Å². The van der Waals surface area contributed by atoms with Crippen molar-refractivity contribution in [3.05, 3.63) is 42.2 Å². The fraction of sp³-hybridized carbons (Fsp3) is 0.467. The third kappa shape index (κ3) is 6.30. The highest BCUT2D eigenvalue weighted by Gasteiger charge is 1.94. The molecule has 0 amide bonds. The van der Waals surface area contributed by atoms with Crippen molar-refractivity contribution >= 4 is 0 Å². The van der Waals surface area contributed by atoms with Gasteiger partial charge in [0.25, 0.3) is 0 Å². The Bertz CT molecular complexity index is 330. The van der Waals surface area contributed by atoms with Gasteiger partial charge in [-0.3, -0.25) is 0 Å². The van der Waals surface area contributed by atoms with E-state index >= 15 is 0 Å². The van der Waals surface area contributed by atoms with Crippen LogP contribution in [0.25, 0.3) is 0 Å². The molecule has 0 spiro atoms. The average Bonchev–Trinajstić information content (AvgIpc) is 2.42. The molecule has 0 heterocycles. The van der Waals surface area contributed by atoms with E-state index in [1.165, 1.54) is 0 Å². The predicted molar refractivity (Wildman–Crippen MR) is 72.7 cm³/mol. The van der Waals surface area contributed by atoms with Gasteiger partial charge in [-0.2, -0.15) is 0 Å². The summed E-state index contributed by atoms with van der Waals surface area (Å²) in [6.07, 6.45) is 5.58. The van der Waals surface area contributed by atoms with Crippen LogP contribution in [0.15, 0.2) is 36.6 Å². The Morgan fingerprint density at radius 2 is 1.89 bits per heavy atom. The van der Waals surface area contributed by atoms with Gasteiger partial charge >= 0.3 is 0 Å². The van der Waals surface area contributed by atoms with Gasteiger partial charge in [0.1, 0.15) is 12.4 Å². The first kappa shape index (κ1) is 14.6. The lowest BCUT2D eigenvalue weighted by atomic mass is 10.2. The molecule has 0 N–H and O–H groups in total. The smallest absolute Gasteiger partial charge is 0.119 e. The maximum atomic E-state index is 5.51. The van der Waals surface area contributed by atoms with Crippen molar-refractivity contribution in [2.45, 2.75) is 26.4 Å². The molecule has 0 aliphatic carbocycles. The van der Waals surface area contributed by atoms with E-state index in [-0.39, 0.29) is 0 Å². The standard InChI is InChI=1S/C15H22O3/c1-3-10-18-15-8-6-14(7-9-15)13-17-12-5-4-11-16-2/h5-9,12H,3-4,10-11,13H2,1-2H3/b12-5+. The summed E-state index contributed by atoms with van der Waals surface area (Å²) in [5.74, 6) is 0.913. The molecule has 0 aliphatic rings. The van der Waals surface area contributed by atoms with Crippen LogP contribution in [0.5, 0.6) is 5.75 Å². The summed E-state index contributed by atoms with van der Waals surface area (Å²) in [7, 11) is 1.69. The van der Waals surface area contributed by atoms with Crippen molar-refractivity contribution in [3.63, 3.8) is 0 Å². The number of ether oxygens (including phenoxy) is 3. The normalized spacial score (nSPS) is 10.8. The molecule has 0 unspecified atom stereocenters. The first-order valence-electron chi connectivity index (χ1n) is 6.34. The van der Waals surface area contributed by atoms with E-state index < -0.39 is 0 Å². The van der Waals surface area contributed by atoms with Crippen LogP contribution in [-0.2, 0) is 16.1 Å². The van der Waals surface area contributed by atoms with Crippen molar-refractivity contribution in [2.24, 2.45) is 0 Å². The summed E-state index contributed by atoms with van der Waals surface area (Å²) in [6, 6.07) is 7.99. The van der Waals surface area contributed by atoms with E-state index in [0.717, 1.165) is 37.4 Å². The van der Waals surface area contributed by atoms with Gasteiger partial charge in [0.15, 0.2) is 0 Å². The van der Waals surface area contributed by atoms with Gasteiger partial charge in [0, 0.05) is 13.7 Å². The molecule has 3 nitrogen and oxygen atoms in total. The molecule has 1 rings (SSSR count). The largest absolute Gasteiger partial charge is 0.497 e. The van der Waals surface area contributed by atoms with Crippen LogP contribution in [0.4, 0.5) is 0 Å². The topological polar surface area (TPSA) is 27.7 Å². The van der Waals surface area contributed by atoms with Gasteiger partial charge in [-0.25, -0.2) is 0 Å². The van der Waals surface area contributed by atoms with Crippen molar-refractivity contribution in [1.82, 2.24) is 0 Å². The summed E-state index contributed by atoms with van der Waals surface area (Å²) in [5.41, 5.74) is 1.13. The molecule has 1 aromatic carbocycles. The summed E-state index contributed by atoms with van der Waals surface area (Å²) in [6.45, 7) is 4.16. The molecule has 18 heavy (non-hydrogen) atoms. The molecule has 3 heteroatoms. The lowest BCUT2D eigenvalue weighted by molar-refractivity contribution is 0.200. The summed E-state index contributed by atoms with van der Waals surface area (Å²) in [4.78, 5) is 0. The molecule has 0 aromatic heterocycles. The van der Waals surface area contributed by atoms with Gasteiger partial charge in [-0.1, -0.05) is 19.1 Å². The van der Waals surface area contributed by atoms with Gasteiger partial charge in [-0.05, 0) is 36.6 Å². The minimum absolute atomic E-state index is 0.581. The van der Waals surface area contributed by atoms with E-state index in [4.69, 9.17) is 14.2 Å². The zero-order chi connectivity index (χ0) is 13.1. The first-order chi connectivity index (χ1) is 8.86. The maximum Gasteiger partial charge on any atom is 0.119 e. The molecular formula is C15H22O3. The second-order valence-corrected chi connectivity index (χ2v) is 3.96. The molecule has 100 valence electrons. The van der Waals surface area contributed by atoms with Crippen LogP contribution in [0.1, 0.15) is 25.3 Å². The van der Waals surface area contributed by atoms with Gasteiger partial charge in [0.05, 0.1) is 12.9 Å². The summed E-state index contributed by atoms with van der Waals surface area (Å²) >= 11 is 0. The highest BCUT2D eigenvalue weighted by Crippen LogP contribution is 2.13. The molecule has 1 aromatic rings. The third-order valence-corrected chi connectivity index (χ3v) is 2.33. The van der Waals surface area contributed by atoms with Gasteiger partial charge in [-0.15, -0.1) is 0 Å². The Hall–Kier alpha value is -1.48. The van der Waals surface area contributed by atoms with Crippen LogP contribution in [0, 0.1) is 0 Å². The van der Waals surface area contributed by atoms with E-state index in [0.29, 0.717) is 6.61 Å². The van der Waals surface area contributed by atoms with Crippen LogP contribution in [0.3, 0.4) is 0 Å². The quantitative estimate of drug-likeness (QED) is 0.495. The monoisotopic (exact) mass is 250 g/mol. The zero-order valence-corrected chi connectivity index (χ0v) is 11.2. The minimum Gasteiger partial charge on any atom is -0.497 e. The maximum absolute atomic E-state index is 5.51. The fourth-order valence-corrected chi connectivity index (χ4v) is 1.37. The molecule has 0 radical (unpaired) electrons. The lowest BCUT2D eigenvalue weighted by Crippen LogP contribution is -1.95. The minimum atomic E-state index is 0.581. The van der Waals surface area contributed by atoms with Gasteiger partial charge < -0.3 is 14.2 Å². The van der Waals surface area contributed by atoms with E-state index in [1.54, 1.807) is 13.4 Å². The van der Waals surface area contributed by atoms with E-state index in [2.05, 4.69) is 6.92 Å². The van der Waals surface area contributed by atoms with Crippen molar-refractivity contribution in [2.75, 3.05) is 20.3 Å². The molecule has 0 bridgehead atoms. The lowest BCUT2D eigenvalue weighted by Gasteiger charge is -2.05. The first-order valence-corrected chi connectivity index (χ1v) is 6.34. The van der Waals surface area contributed by atoms with Crippen LogP contribution in [-0.4, -0.2) is 20.3 Å². The number of rotatable bonds is 9. The Balaban J connectivity index is 2.24. The molecule has 0 atom stereocenters. The van der Waals surface area contributed by atoms with Gasteiger partial charge in [0.2, 0.25) is 0 Å². The number of hydrogen-bond acceptors (Lipinski definition) is 3. The number of methoxy groups -OCH3 is 1. The number of hydrogen-bond donors (Lipinski definition) is 0. The Morgan fingerprint density at radius 3 is 2.56 bits per heavy atom. The Morgan fingerprint density at radius 1 is 1.11 bits per heavy atom. The number of benzene rings is 1. The summed E-state index contributed by atoms with van der Waals surface area (Å²) in [5, 5.41) is 0. The highest BCUT2D eigenvalue weighted by atomic mass is 16.5. The molecule has 0 aliphatic heterocycles.